The highest BCUT2D eigenvalue weighted by Gasteiger charge is 2.24. The minimum Gasteiger partial charge on any atom is -0.469 e. The first-order valence-electron chi connectivity index (χ1n) is 5.80. The summed E-state index contributed by atoms with van der Waals surface area (Å²) in [5.41, 5.74) is 7.36. The van der Waals surface area contributed by atoms with Gasteiger partial charge in [0, 0.05) is 24.7 Å². The number of hydrogen-bond acceptors (Lipinski definition) is 3. The summed E-state index contributed by atoms with van der Waals surface area (Å²) in [7, 11) is 2.12. The molecule has 0 saturated carbocycles. The van der Waals surface area contributed by atoms with Gasteiger partial charge in [-0.15, -0.1) is 0 Å². The zero-order valence-electron chi connectivity index (χ0n) is 11.1. The zero-order valence-corrected chi connectivity index (χ0v) is 11.1. The van der Waals surface area contributed by atoms with Crippen molar-refractivity contribution in [3.05, 3.63) is 23.7 Å². The van der Waals surface area contributed by atoms with E-state index in [2.05, 4.69) is 32.7 Å². The van der Waals surface area contributed by atoms with E-state index < -0.39 is 0 Å². The molecule has 0 radical (unpaired) electrons. The maximum Gasteiger partial charge on any atom is 0.105 e. The lowest BCUT2D eigenvalue weighted by molar-refractivity contribution is 0.178. The maximum absolute atomic E-state index is 5.98. The molecular formula is C13H24N2O. The van der Waals surface area contributed by atoms with Crippen LogP contribution in [0, 0.1) is 12.3 Å². The predicted molar refractivity (Wildman–Crippen MR) is 67.2 cm³/mol. The topological polar surface area (TPSA) is 42.4 Å². The van der Waals surface area contributed by atoms with Gasteiger partial charge in [-0.3, -0.25) is 0 Å². The molecule has 1 unspecified atom stereocenters. The van der Waals surface area contributed by atoms with Gasteiger partial charge in [-0.1, -0.05) is 13.8 Å². The molecule has 0 fully saturated rings. The van der Waals surface area contributed by atoms with Crippen molar-refractivity contribution in [3.63, 3.8) is 0 Å². The van der Waals surface area contributed by atoms with Crippen LogP contribution in [0.1, 0.15) is 32.1 Å². The van der Waals surface area contributed by atoms with E-state index in [0.29, 0.717) is 0 Å². The number of hydrogen-bond donors (Lipinski definition) is 1. The SMILES string of the molecule is Cc1occc1CN(C)CC(C)(C)C(C)N. The average molecular weight is 224 g/mol. The molecule has 2 N–H and O–H groups in total. The van der Waals surface area contributed by atoms with Gasteiger partial charge >= 0.3 is 0 Å². The molecule has 1 aromatic rings. The van der Waals surface area contributed by atoms with Crippen molar-refractivity contribution in [1.29, 1.82) is 0 Å². The highest BCUT2D eigenvalue weighted by molar-refractivity contribution is 5.15. The largest absolute Gasteiger partial charge is 0.469 e. The number of nitrogens with two attached hydrogens (primary N) is 1. The van der Waals surface area contributed by atoms with E-state index in [-0.39, 0.29) is 11.5 Å². The van der Waals surface area contributed by atoms with Gasteiger partial charge in [0.1, 0.15) is 5.76 Å². The first kappa shape index (κ1) is 13.3. The van der Waals surface area contributed by atoms with Gasteiger partial charge in [-0.25, -0.2) is 0 Å². The summed E-state index contributed by atoms with van der Waals surface area (Å²) in [5, 5.41) is 0. The number of aryl methyl sites for hydroxylation is 1. The molecule has 92 valence electrons. The summed E-state index contributed by atoms with van der Waals surface area (Å²) >= 11 is 0. The fourth-order valence-electron chi connectivity index (χ4n) is 1.76. The molecule has 0 aliphatic carbocycles. The Kier molecular flexibility index (Phi) is 4.16. The molecule has 16 heavy (non-hydrogen) atoms. The quantitative estimate of drug-likeness (QED) is 0.835. The third-order valence-corrected chi connectivity index (χ3v) is 3.32. The Morgan fingerprint density at radius 2 is 2.12 bits per heavy atom. The normalized spacial score (nSPS) is 14.4. The van der Waals surface area contributed by atoms with E-state index in [1.54, 1.807) is 6.26 Å². The summed E-state index contributed by atoms with van der Waals surface area (Å²) in [5.74, 6) is 1.01. The molecule has 3 heteroatoms. The van der Waals surface area contributed by atoms with Gasteiger partial charge in [0.2, 0.25) is 0 Å². The molecule has 0 aliphatic heterocycles. The van der Waals surface area contributed by atoms with Crippen molar-refractivity contribution in [2.24, 2.45) is 11.1 Å². The van der Waals surface area contributed by atoms with E-state index in [0.717, 1.165) is 18.8 Å². The van der Waals surface area contributed by atoms with Crippen LogP contribution >= 0.6 is 0 Å². The summed E-state index contributed by atoms with van der Waals surface area (Å²) in [4.78, 5) is 2.29. The lowest BCUT2D eigenvalue weighted by atomic mass is 9.85. The minimum absolute atomic E-state index is 0.131. The monoisotopic (exact) mass is 224 g/mol. The average Bonchev–Trinajstić information content (AvgIpc) is 2.50. The molecule has 0 saturated heterocycles. The minimum atomic E-state index is 0.131. The summed E-state index contributed by atoms with van der Waals surface area (Å²) < 4.78 is 5.29. The van der Waals surface area contributed by atoms with Crippen LogP contribution < -0.4 is 5.73 Å². The van der Waals surface area contributed by atoms with Crippen molar-refractivity contribution in [2.45, 2.75) is 40.3 Å². The molecule has 1 aromatic heterocycles. The first-order chi connectivity index (χ1) is 7.33. The third-order valence-electron chi connectivity index (χ3n) is 3.32. The molecule has 0 bridgehead atoms. The van der Waals surface area contributed by atoms with Crippen molar-refractivity contribution < 1.29 is 4.42 Å². The van der Waals surface area contributed by atoms with Gasteiger partial charge in [-0.05, 0) is 32.4 Å². The Morgan fingerprint density at radius 1 is 1.50 bits per heavy atom. The number of rotatable bonds is 5. The smallest absolute Gasteiger partial charge is 0.105 e. The van der Waals surface area contributed by atoms with Crippen LogP contribution in [0.5, 0.6) is 0 Å². The Labute approximate surface area is 98.6 Å². The molecule has 3 nitrogen and oxygen atoms in total. The van der Waals surface area contributed by atoms with Crippen molar-refractivity contribution >= 4 is 0 Å². The van der Waals surface area contributed by atoms with Crippen LogP contribution in [0.15, 0.2) is 16.7 Å². The van der Waals surface area contributed by atoms with Gasteiger partial charge < -0.3 is 15.1 Å². The second-order valence-corrected chi connectivity index (χ2v) is 5.45. The van der Waals surface area contributed by atoms with E-state index in [4.69, 9.17) is 10.2 Å². The standard InChI is InChI=1S/C13H24N2O/c1-10-12(6-7-16-10)8-15(5)9-13(3,4)11(2)14/h6-7,11H,8-9,14H2,1-5H3. The zero-order chi connectivity index (χ0) is 12.3. The van der Waals surface area contributed by atoms with Crippen LogP contribution in [0.2, 0.25) is 0 Å². The fraction of sp³-hybridized carbons (Fsp3) is 0.692. The number of nitrogens with zero attached hydrogens (tertiary/aromatic N) is 1. The van der Waals surface area contributed by atoms with Crippen molar-refractivity contribution in [3.8, 4) is 0 Å². The van der Waals surface area contributed by atoms with Crippen LogP contribution in [0.4, 0.5) is 0 Å². The second-order valence-electron chi connectivity index (χ2n) is 5.45. The Morgan fingerprint density at radius 3 is 2.56 bits per heavy atom. The summed E-state index contributed by atoms with van der Waals surface area (Å²) in [6.45, 7) is 10.4. The third kappa shape index (κ3) is 3.35. The molecular weight excluding hydrogens is 200 g/mol. The molecule has 1 rings (SSSR count). The molecule has 1 heterocycles. The lowest BCUT2D eigenvalue weighted by Gasteiger charge is -2.33. The lowest BCUT2D eigenvalue weighted by Crippen LogP contribution is -2.42. The van der Waals surface area contributed by atoms with Crippen LogP contribution in [0.25, 0.3) is 0 Å². The Balaban J connectivity index is 2.54. The Bertz CT molecular complexity index is 328. The molecule has 0 aliphatic rings. The highest BCUT2D eigenvalue weighted by atomic mass is 16.3. The van der Waals surface area contributed by atoms with Gasteiger partial charge in [0.05, 0.1) is 6.26 Å². The maximum atomic E-state index is 5.98. The van der Waals surface area contributed by atoms with Gasteiger partial charge in [-0.2, -0.15) is 0 Å². The van der Waals surface area contributed by atoms with Crippen molar-refractivity contribution in [1.82, 2.24) is 4.90 Å². The van der Waals surface area contributed by atoms with Crippen LogP contribution in [0.3, 0.4) is 0 Å². The molecule has 0 aromatic carbocycles. The van der Waals surface area contributed by atoms with E-state index >= 15 is 0 Å². The fourth-order valence-corrected chi connectivity index (χ4v) is 1.76. The Hall–Kier alpha value is -0.800. The number of furan rings is 1. The summed E-state index contributed by atoms with van der Waals surface area (Å²) in [6, 6.07) is 2.23. The van der Waals surface area contributed by atoms with Crippen LogP contribution in [-0.2, 0) is 6.54 Å². The second kappa shape index (κ2) is 5.02. The molecule has 0 amide bonds. The highest BCUT2D eigenvalue weighted by Crippen LogP contribution is 2.21. The van der Waals surface area contributed by atoms with Crippen molar-refractivity contribution in [2.75, 3.05) is 13.6 Å². The van der Waals surface area contributed by atoms with Crippen LogP contribution in [-0.4, -0.2) is 24.5 Å². The summed E-state index contributed by atoms with van der Waals surface area (Å²) in [6.07, 6.45) is 1.75. The van der Waals surface area contributed by atoms with Gasteiger partial charge in [0.25, 0.3) is 0 Å². The van der Waals surface area contributed by atoms with Gasteiger partial charge in [0.15, 0.2) is 0 Å². The predicted octanol–water partition coefficient (Wildman–Crippen LogP) is 2.39. The first-order valence-corrected chi connectivity index (χ1v) is 5.80. The van der Waals surface area contributed by atoms with E-state index in [1.165, 1.54) is 5.56 Å². The van der Waals surface area contributed by atoms with E-state index in [1.807, 2.05) is 13.0 Å². The molecule has 0 spiro atoms. The van der Waals surface area contributed by atoms with E-state index in [9.17, 15) is 0 Å². The molecule has 1 atom stereocenters.